The molecule has 0 saturated carbocycles. The third-order valence-electron chi connectivity index (χ3n) is 5.49. The van der Waals surface area contributed by atoms with Gasteiger partial charge < -0.3 is 20.1 Å². The van der Waals surface area contributed by atoms with Gasteiger partial charge in [0.25, 0.3) is 0 Å². The molecule has 0 bridgehead atoms. The number of hydrogen-bond acceptors (Lipinski definition) is 7. The van der Waals surface area contributed by atoms with Gasteiger partial charge in [-0.25, -0.2) is 4.98 Å². The lowest BCUT2D eigenvalue weighted by Crippen LogP contribution is -2.22. The second kappa shape index (κ2) is 12.8. The fourth-order valence-corrected chi connectivity index (χ4v) is 5.34. The summed E-state index contributed by atoms with van der Waals surface area (Å²) < 4.78 is 10.7. The number of rotatable bonds is 10. The topological polar surface area (TPSA) is 89.6 Å². The van der Waals surface area contributed by atoms with Crippen LogP contribution in [0.1, 0.15) is 12.5 Å². The first-order valence-electron chi connectivity index (χ1n) is 11.6. The lowest BCUT2D eigenvalue weighted by Gasteiger charge is -2.12. The van der Waals surface area contributed by atoms with E-state index in [1.807, 2.05) is 66.9 Å². The lowest BCUT2D eigenvalue weighted by atomic mass is 10.1. The third-order valence-corrected chi connectivity index (χ3v) is 7.59. The maximum atomic E-state index is 12.9. The number of amides is 2. The molecule has 4 aromatic rings. The number of carbonyl (C=O) groups excluding carboxylic acids is 2. The fraction of sp³-hybridized carbons (Fsp3) is 0.179. The van der Waals surface area contributed by atoms with Crippen molar-refractivity contribution in [2.75, 3.05) is 24.9 Å². The van der Waals surface area contributed by atoms with Crippen LogP contribution in [0.3, 0.4) is 0 Å². The highest BCUT2D eigenvalue weighted by molar-refractivity contribution is 8.00. The van der Waals surface area contributed by atoms with Crippen molar-refractivity contribution in [3.63, 3.8) is 0 Å². The van der Waals surface area contributed by atoms with Gasteiger partial charge in [0, 0.05) is 26.5 Å². The van der Waals surface area contributed by atoms with Gasteiger partial charge in [0.15, 0.2) is 16.6 Å². The zero-order valence-electron chi connectivity index (χ0n) is 21.0. The van der Waals surface area contributed by atoms with E-state index in [-0.39, 0.29) is 23.5 Å². The molecule has 0 aliphatic heterocycles. The molecule has 0 aliphatic rings. The van der Waals surface area contributed by atoms with Gasteiger partial charge in [-0.05, 0) is 61.0 Å². The monoisotopic (exact) mass is 567 g/mol. The average Bonchev–Trinajstić information content (AvgIpc) is 3.38. The number of hydrogen-bond donors (Lipinski definition) is 2. The van der Waals surface area contributed by atoms with Crippen molar-refractivity contribution in [1.82, 2.24) is 4.98 Å². The van der Waals surface area contributed by atoms with Gasteiger partial charge in [-0.1, -0.05) is 29.8 Å². The maximum absolute atomic E-state index is 12.9. The molecule has 1 unspecified atom stereocenters. The van der Waals surface area contributed by atoms with E-state index in [0.29, 0.717) is 27.3 Å². The minimum Gasteiger partial charge on any atom is -0.493 e. The molecular weight excluding hydrogens is 542 g/mol. The van der Waals surface area contributed by atoms with Crippen LogP contribution in [-0.4, -0.2) is 36.3 Å². The van der Waals surface area contributed by atoms with E-state index in [1.54, 1.807) is 26.4 Å². The van der Waals surface area contributed by atoms with Gasteiger partial charge in [-0.2, -0.15) is 0 Å². The Kier molecular flexibility index (Phi) is 9.28. The van der Waals surface area contributed by atoms with Gasteiger partial charge in [0.05, 0.1) is 31.6 Å². The molecule has 0 saturated heterocycles. The van der Waals surface area contributed by atoms with E-state index < -0.39 is 0 Å². The van der Waals surface area contributed by atoms with E-state index in [1.165, 1.54) is 23.1 Å². The van der Waals surface area contributed by atoms with Crippen molar-refractivity contribution in [1.29, 1.82) is 0 Å². The summed E-state index contributed by atoms with van der Waals surface area (Å²) in [7, 11) is 3.17. The van der Waals surface area contributed by atoms with Gasteiger partial charge in [-0.15, -0.1) is 23.1 Å². The van der Waals surface area contributed by atoms with Gasteiger partial charge in [0.1, 0.15) is 0 Å². The number of halogens is 1. The van der Waals surface area contributed by atoms with Gasteiger partial charge in [0.2, 0.25) is 11.8 Å². The first-order valence-corrected chi connectivity index (χ1v) is 13.8. The molecule has 1 atom stereocenters. The Labute approximate surface area is 234 Å². The number of ether oxygens (including phenoxy) is 2. The summed E-state index contributed by atoms with van der Waals surface area (Å²) >= 11 is 8.66. The minimum atomic E-state index is -0.386. The number of carbonyl (C=O) groups is 2. The second-order valence-electron chi connectivity index (χ2n) is 8.24. The Morgan fingerprint density at radius 3 is 2.50 bits per heavy atom. The molecule has 2 amide bonds. The summed E-state index contributed by atoms with van der Waals surface area (Å²) in [5, 5.41) is 8.44. The normalized spacial score (nSPS) is 11.5. The SMILES string of the molecule is COc1ccc(-c2csc(NC(=O)C(C)Sc3cccc(NC(=O)Cc4ccc(Cl)cc4)c3)n2)cc1OC. The lowest BCUT2D eigenvalue weighted by molar-refractivity contribution is -0.116. The highest BCUT2D eigenvalue weighted by Crippen LogP contribution is 2.34. The summed E-state index contributed by atoms with van der Waals surface area (Å²) in [6.07, 6.45) is 0.243. The zero-order valence-corrected chi connectivity index (χ0v) is 23.4. The number of aromatic nitrogens is 1. The molecule has 0 aliphatic carbocycles. The van der Waals surface area contributed by atoms with Gasteiger partial charge in [-0.3, -0.25) is 9.59 Å². The summed E-state index contributed by atoms with van der Waals surface area (Å²) in [4.78, 5) is 30.7. The van der Waals surface area contributed by atoms with Crippen molar-refractivity contribution < 1.29 is 19.1 Å². The first-order chi connectivity index (χ1) is 18.3. The molecule has 7 nitrogen and oxygen atoms in total. The van der Waals surface area contributed by atoms with Crippen LogP contribution in [0.25, 0.3) is 11.3 Å². The fourth-order valence-electron chi connectivity index (χ4n) is 3.56. The van der Waals surface area contributed by atoms with Crippen LogP contribution in [0.15, 0.2) is 77.0 Å². The Morgan fingerprint density at radius 1 is 1.00 bits per heavy atom. The van der Waals surface area contributed by atoms with E-state index in [4.69, 9.17) is 21.1 Å². The average molecular weight is 568 g/mol. The Balaban J connectivity index is 1.33. The molecule has 1 heterocycles. The number of methoxy groups -OCH3 is 2. The maximum Gasteiger partial charge on any atom is 0.239 e. The van der Waals surface area contributed by atoms with Crippen LogP contribution in [0.2, 0.25) is 5.02 Å². The van der Waals surface area contributed by atoms with Crippen LogP contribution in [0, 0.1) is 0 Å². The van der Waals surface area contributed by atoms with Crippen molar-refractivity contribution >= 4 is 57.3 Å². The summed E-state index contributed by atoms with van der Waals surface area (Å²) in [5.41, 5.74) is 3.13. The molecule has 0 fully saturated rings. The van der Waals surface area contributed by atoms with Crippen LogP contribution in [0.4, 0.5) is 10.8 Å². The Hall–Kier alpha value is -3.53. The smallest absolute Gasteiger partial charge is 0.239 e. The number of nitrogens with one attached hydrogen (secondary N) is 2. The molecule has 2 N–H and O–H groups in total. The van der Waals surface area contributed by atoms with E-state index in [0.717, 1.165) is 21.7 Å². The second-order valence-corrected chi connectivity index (χ2v) is 10.9. The number of anilines is 2. The quantitative estimate of drug-likeness (QED) is 0.205. The third kappa shape index (κ3) is 7.28. The van der Waals surface area contributed by atoms with E-state index in [9.17, 15) is 9.59 Å². The number of nitrogens with zero attached hydrogens (tertiary/aromatic N) is 1. The predicted molar refractivity (Wildman–Crippen MR) is 155 cm³/mol. The molecule has 10 heteroatoms. The highest BCUT2D eigenvalue weighted by atomic mass is 35.5. The highest BCUT2D eigenvalue weighted by Gasteiger charge is 2.17. The van der Waals surface area contributed by atoms with Crippen LogP contribution < -0.4 is 20.1 Å². The van der Waals surface area contributed by atoms with Crippen molar-refractivity contribution in [3.05, 3.63) is 82.7 Å². The van der Waals surface area contributed by atoms with Crippen molar-refractivity contribution in [3.8, 4) is 22.8 Å². The summed E-state index contributed by atoms with van der Waals surface area (Å²) in [6, 6.07) is 20.2. The summed E-state index contributed by atoms with van der Waals surface area (Å²) in [6.45, 7) is 1.83. The standard InChI is InChI=1S/C28H26ClN3O4S2/c1-17(27(34)32-28-31-23(16-37-28)19-9-12-24(35-2)25(14-19)36-3)38-22-6-4-5-21(15-22)30-26(33)13-18-7-10-20(29)11-8-18/h4-12,14-17H,13H2,1-3H3,(H,30,33)(H,31,32,34). The minimum absolute atomic E-state index is 0.130. The first kappa shape index (κ1) is 27.5. The van der Waals surface area contributed by atoms with Crippen molar-refractivity contribution in [2.45, 2.75) is 23.5 Å². The molecule has 0 radical (unpaired) electrons. The van der Waals surface area contributed by atoms with E-state index >= 15 is 0 Å². The number of thiazole rings is 1. The molecule has 3 aromatic carbocycles. The number of thioether (sulfide) groups is 1. The molecule has 4 rings (SSSR count). The van der Waals surface area contributed by atoms with Crippen LogP contribution in [-0.2, 0) is 16.0 Å². The largest absolute Gasteiger partial charge is 0.493 e. The molecule has 1 aromatic heterocycles. The molecule has 196 valence electrons. The van der Waals surface area contributed by atoms with Crippen LogP contribution >= 0.6 is 34.7 Å². The van der Waals surface area contributed by atoms with Crippen LogP contribution in [0.5, 0.6) is 11.5 Å². The zero-order chi connectivity index (χ0) is 27.1. The molecular formula is C28H26ClN3O4S2. The van der Waals surface area contributed by atoms with Crippen molar-refractivity contribution in [2.24, 2.45) is 0 Å². The molecule has 38 heavy (non-hydrogen) atoms. The van der Waals surface area contributed by atoms with E-state index in [2.05, 4.69) is 15.6 Å². The molecule has 0 spiro atoms. The van der Waals surface area contributed by atoms with Gasteiger partial charge >= 0.3 is 0 Å². The predicted octanol–water partition coefficient (Wildman–Crippen LogP) is 6.78. The summed E-state index contributed by atoms with van der Waals surface area (Å²) in [5.74, 6) is 0.947. The Morgan fingerprint density at radius 2 is 1.76 bits per heavy atom. The number of benzene rings is 3. The Bertz CT molecular complexity index is 1430.